The third kappa shape index (κ3) is 3.94. The molecule has 5 aromatic rings. The molecule has 0 aromatic carbocycles. The molecule has 1 aliphatic rings. The molecule has 1 saturated heterocycles. The Hall–Kier alpha value is -3.70. The fraction of sp³-hybridized carbons (Fsp3) is 0.240. The zero-order valence-electron chi connectivity index (χ0n) is 18.9. The van der Waals surface area contributed by atoms with Crippen molar-refractivity contribution in [3.8, 4) is 16.3 Å². The average molecular weight is 510 g/mol. The second-order valence-electron chi connectivity index (χ2n) is 8.63. The number of hydrogen-bond acceptors (Lipinski definition) is 7. The number of halogens is 3. The predicted molar refractivity (Wildman–Crippen MR) is 129 cm³/mol. The lowest BCUT2D eigenvalue weighted by Crippen LogP contribution is -2.17. The van der Waals surface area contributed by atoms with Crippen molar-refractivity contribution < 1.29 is 17.9 Å². The molecule has 0 saturated carbocycles. The van der Waals surface area contributed by atoms with Crippen LogP contribution in [0.25, 0.3) is 37.4 Å². The van der Waals surface area contributed by atoms with Crippen LogP contribution < -0.4 is 5.43 Å². The van der Waals surface area contributed by atoms with Gasteiger partial charge in [-0.15, -0.1) is 11.3 Å². The van der Waals surface area contributed by atoms with Crippen LogP contribution in [0, 0.1) is 6.92 Å². The van der Waals surface area contributed by atoms with Crippen LogP contribution in [0.3, 0.4) is 0 Å². The Morgan fingerprint density at radius 2 is 1.97 bits per heavy atom. The summed E-state index contributed by atoms with van der Waals surface area (Å²) >= 11 is 1.38. The van der Waals surface area contributed by atoms with Crippen molar-refractivity contribution in [1.82, 2.24) is 24.7 Å². The number of rotatable bonds is 3. The van der Waals surface area contributed by atoms with Crippen molar-refractivity contribution >= 4 is 32.5 Å². The predicted octanol–water partition coefficient (Wildman–Crippen LogP) is 5.28. The van der Waals surface area contributed by atoms with Crippen LogP contribution in [-0.2, 0) is 10.9 Å². The summed E-state index contributed by atoms with van der Waals surface area (Å²) in [6.45, 7) is 3.12. The zero-order chi connectivity index (χ0) is 25.0. The molecule has 5 aromatic heterocycles. The summed E-state index contributed by atoms with van der Waals surface area (Å²) in [6, 6.07) is 9.47. The van der Waals surface area contributed by atoms with Gasteiger partial charge in [-0.3, -0.25) is 9.78 Å². The van der Waals surface area contributed by atoms with Gasteiger partial charge in [-0.2, -0.15) is 18.3 Å². The van der Waals surface area contributed by atoms with Gasteiger partial charge in [0.05, 0.1) is 33.6 Å². The van der Waals surface area contributed by atoms with Crippen molar-refractivity contribution in [2.24, 2.45) is 0 Å². The second kappa shape index (κ2) is 8.45. The molecule has 0 amide bonds. The molecule has 6 rings (SSSR count). The van der Waals surface area contributed by atoms with E-state index < -0.39 is 11.9 Å². The minimum atomic E-state index is -4.56. The molecular weight excluding hydrogens is 491 g/mol. The van der Waals surface area contributed by atoms with Crippen molar-refractivity contribution in [2.45, 2.75) is 25.4 Å². The Balaban J connectivity index is 1.52. The highest BCUT2D eigenvalue weighted by atomic mass is 32.1. The van der Waals surface area contributed by atoms with Crippen LogP contribution in [0.15, 0.2) is 53.6 Å². The fourth-order valence-electron chi connectivity index (χ4n) is 4.31. The first-order chi connectivity index (χ1) is 17.3. The average Bonchev–Trinajstić information content (AvgIpc) is 3.54. The highest BCUT2D eigenvalue weighted by molar-refractivity contribution is 7.22. The number of ether oxygens (including phenoxy) is 1. The van der Waals surface area contributed by atoms with Gasteiger partial charge in [0.25, 0.3) is 0 Å². The number of aryl methyl sites for hydroxylation is 1. The molecule has 7 nitrogen and oxygen atoms in total. The molecule has 0 aliphatic carbocycles. The van der Waals surface area contributed by atoms with Crippen LogP contribution in [0.2, 0.25) is 0 Å². The minimum absolute atomic E-state index is 0.160. The Kier molecular flexibility index (Phi) is 5.34. The lowest BCUT2D eigenvalue weighted by molar-refractivity contribution is -0.141. The van der Waals surface area contributed by atoms with Crippen LogP contribution in [0.5, 0.6) is 0 Å². The van der Waals surface area contributed by atoms with Gasteiger partial charge < -0.3 is 4.74 Å². The van der Waals surface area contributed by atoms with Gasteiger partial charge in [0.15, 0.2) is 5.69 Å². The summed E-state index contributed by atoms with van der Waals surface area (Å²) in [5, 5.41) is 5.51. The maximum absolute atomic E-state index is 13.5. The molecule has 6 heterocycles. The summed E-state index contributed by atoms with van der Waals surface area (Å²) in [7, 11) is 0. The number of thiophene rings is 1. The molecule has 36 heavy (non-hydrogen) atoms. The maximum Gasteiger partial charge on any atom is 0.433 e. The molecule has 1 atom stereocenters. The summed E-state index contributed by atoms with van der Waals surface area (Å²) in [6.07, 6.45) is -0.762. The van der Waals surface area contributed by atoms with E-state index in [0.717, 1.165) is 34.5 Å². The number of aromatic nitrogens is 5. The highest BCUT2D eigenvalue weighted by Gasteiger charge is 2.32. The third-order valence-electron chi connectivity index (χ3n) is 6.16. The van der Waals surface area contributed by atoms with Gasteiger partial charge >= 0.3 is 6.18 Å². The van der Waals surface area contributed by atoms with E-state index in [2.05, 4.69) is 20.1 Å². The van der Waals surface area contributed by atoms with Crippen LogP contribution in [0.1, 0.15) is 29.4 Å². The topological polar surface area (TPSA) is 82.8 Å². The molecule has 0 unspecified atom stereocenters. The number of hydrogen-bond donors (Lipinski definition) is 0. The van der Waals surface area contributed by atoms with E-state index in [9.17, 15) is 18.0 Å². The fourth-order valence-corrected chi connectivity index (χ4v) is 5.30. The lowest BCUT2D eigenvalue weighted by Gasteiger charge is -2.12. The van der Waals surface area contributed by atoms with E-state index in [1.165, 1.54) is 22.1 Å². The zero-order valence-corrected chi connectivity index (χ0v) is 19.7. The number of alkyl halides is 3. The monoisotopic (exact) mass is 509 g/mol. The Labute approximate surface area is 206 Å². The molecule has 1 aliphatic heterocycles. The molecule has 1 fully saturated rings. The smallest absolute Gasteiger partial charge is 0.381 e. The SMILES string of the molecule is Cc1ccc2c(n1)c(=O)c(-c1cc3cc([C@H]4CCOC4)ncc3s1)nn2-c1ccc(C(F)(F)F)nc1. The Morgan fingerprint density at radius 3 is 2.69 bits per heavy atom. The van der Waals surface area contributed by atoms with Crippen LogP contribution in [-0.4, -0.2) is 37.9 Å². The van der Waals surface area contributed by atoms with Gasteiger partial charge in [-0.05, 0) is 55.1 Å². The summed E-state index contributed by atoms with van der Waals surface area (Å²) < 4.78 is 46.9. The first-order valence-corrected chi connectivity index (χ1v) is 12.0. The maximum atomic E-state index is 13.5. The quantitative estimate of drug-likeness (QED) is 0.329. The van der Waals surface area contributed by atoms with Gasteiger partial charge in [0.2, 0.25) is 5.43 Å². The number of pyridine rings is 3. The molecule has 0 spiro atoms. The van der Waals surface area contributed by atoms with E-state index in [4.69, 9.17) is 4.74 Å². The first kappa shape index (κ1) is 22.7. The third-order valence-corrected chi connectivity index (χ3v) is 7.25. The summed E-state index contributed by atoms with van der Waals surface area (Å²) in [5.74, 6) is 0.244. The van der Waals surface area contributed by atoms with Gasteiger partial charge in [-0.25, -0.2) is 14.6 Å². The second-order valence-corrected chi connectivity index (χ2v) is 9.71. The highest BCUT2D eigenvalue weighted by Crippen LogP contribution is 2.34. The van der Waals surface area contributed by atoms with Crippen molar-refractivity contribution in [3.05, 3.63) is 76.1 Å². The standard InChI is InChI=1S/C25H18F3N5O2S/c1-13-2-4-18-22(31-13)24(34)23(32-33(18)16-3-5-21(30-10-16)25(26,27)28)19-9-15-8-17(14-6-7-35-12-14)29-11-20(15)36-19/h2-5,8-11,14H,6-7,12H2,1H3/t14-/m0/s1. The Bertz CT molecular complexity index is 1670. The molecule has 0 radical (unpaired) electrons. The summed E-state index contributed by atoms with van der Waals surface area (Å²) in [4.78, 5) is 26.7. The molecule has 0 N–H and O–H groups in total. The van der Waals surface area contributed by atoms with E-state index in [-0.39, 0.29) is 28.2 Å². The lowest BCUT2D eigenvalue weighted by atomic mass is 10.0. The van der Waals surface area contributed by atoms with Crippen molar-refractivity contribution in [3.63, 3.8) is 0 Å². The van der Waals surface area contributed by atoms with E-state index in [0.29, 0.717) is 29.3 Å². The van der Waals surface area contributed by atoms with Crippen molar-refractivity contribution in [1.29, 1.82) is 0 Å². The van der Waals surface area contributed by atoms with Gasteiger partial charge in [-0.1, -0.05) is 0 Å². The first-order valence-electron chi connectivity index (χ1n) is 11.2. The molecule has 182 valence electrons. The summed E-state index contributed by atoms with van der Waals surface area (Å²) in [5.41, 5.74) is 1.22. The minimum Gasteiger partial charge on any atom is -0.381 e. The van der Waals surface area contributed by atoms with E-state index in [1.54, 1.807) is 25.3 Å². The van der Waals surface area contributed by atoms with Crippen molar-refractivity contribution in [2.75, 3.05) is 13.2 Å². The Morgan fingerprint density at radius 1 is 1.11 bits per heavy atom. The number of nitrogens with zero attached hydrogens (tertiary/aromatic N) is 5. The van der Waals surface area contributed by atoms with Crippen LogP contribution >= 0.6 is 11.3 Å². The molecule has 11 heteroatoms. The van der Waals surface area contributed by atoms with E-state index in [1.807, 2.05) is 12.1 Å². The van der Waals surface area contributed by atoms with Gasteiger partial charge in [0.1, 0.15) is 11.2 Å². The van der Waals surface area contributed by atoms with Gasteiger partial charge in [0, 0.05) is 30.1 Å². The number of fused-ring (bicyclic) bond motifs is 2. The largest absolute Gasteiger partial charge is 0.433 e. The normalized spacial score (nSPS) is 16.3. The van der Waals surface area contributed by atoms with Crippen LogP contribution in [0.4, 0.5) is 13.2 Å². The van der Waals surface area contributed by atoms with E-state index >= 15 is 0 Å². The molecular formula is C25H18F3N5O2S. The molecule has 0 bridgehead atoms.